The van der Waals surface area contributed by atoms with Crippen LogP contribution in [0.4, 0.5) is 4.39 Å². The van der Waals surface area contributed by atoms with Crippen molar-refractivity contribution in [1.29, 1.82) is 0 Å². The molecule has 148 valence electrons. The maximum atomic E-state index is 13.8. The van der Waals surface area contributed by atoms with Crippen LogP contribution in [0.25, 0.3) is 0 Å². The number of aromatic nitrogens is 2. The molecule has 1 aromatic heterocycles. The Kier molecular flexibility index (Phi) is 6.68. The second-order valence-electron chi connectivity index (χ2n) is 7.13. The molecule has 28 heavy (non-hydrogen) atoms. The van der Waals surface area contributed by atoms with Gasteiger partial charge in [0, 0.05) is 50.6 Å². The van der Waals surface area contributed by atoms with E-state index >= 15 is 0 Å². The van der Waals surface area contributed by atoms with Gasteiger partial charge in [-0.3, -0.25) is 9.59 Å². The van der Waals surface area contributed by atoms with Gasteiger partial charge in [-0.25, -0.2) is 14.4 Å². The van der Waals surface area contributed by atoms with Crippen molar-refractivity contribution < 1.29 is 14.0 Å². The van der Waals surface area contributed by atoms with Crippen LogP contribution in [0.2, 0.25) is 0 Å². The first kappa shape index (κ1) is 19.9. The van der Waals surface area contributed by atoms with E-state index < -0.39 is 0 Å². The second kappa shape index (κ2) is 9.39. The number of nitrogens with zero attached hydrogens (tertiary/aromatic N) is 4. The summed E-state index contributed by atoms with van der Waals surface area (Å²) in [5.74, 6) is -0.423. The summed E-state index contributed by atoms with van der Waals surface area (Å²) >= 11 is 0. The average Bonchev–Trinajstić information content (AvgIpc) is 2.94. The lowest BCUT2D eigenvalue weighted by Crippen LogP contribution is -2.39. The third-order valence-corrected chi connectivity index (χ3v) is 5.16. The maximum absolute atomic E-state index is 13.8. The van der Waals surface area contributed by atoms with Gasteiger partial charge in [-0.1, -0.05) is 18.2 Å². The van der Waals surface area contributed by atoms with Gasteiger partial charge in [0.1, 0.15) is 12.1 Å². The van der Waals surface area contributed by atoms with Gasteiger partial charge in [-0.15, -0.1) is 0 Å². The monoisotopic (exact) mass is 384 g/mol. The second-order valence-corrected chi connectivity index (χ2v) is 7.13. The Labute approximate surface area is 164 Å². The van der Waals surface area contributed by atoms with Gasteiger partial charge >= 0.3 is 0 Å². The summed E-state index contributed by atoms with van der Waals surface area (Å²) in [4.78, 5) is 36.5. The van der Waals surface area contributed by atoms with Crippen LogP contribution in [0, 0.1) is 5.82 Å². The summed E-state index contributed by atoms with van der Waals surface area (Å²) in [5.41, 5.74) is 1.30. The number of amides is 2. The summed E-state index contributed by atoms with van der Waals surface area (Å²) in [5, 5.41) is 0. The fourth-order valence-electron chi connectivity index (χ4n) is 3.66. The van der Waals surface area contributed by atoms with Crippen LogP contribution >= 0.6 is 0 Å². The molecule has 3 rings (SSSR count). The topological polar surface area (TPSA) is 66.4 Å². The fourth-order valence-corrected chi connectivity index (χ4v) is 3.66. The van der Waals surface area contributed by atoms with E-state index in [0.29, 0.717) is 31.6 Å². The highest BCUT2D eigenvalue weighted by Gasteiger charge is 2.26. The van der Waals surface area contributed by atoms with Gasteiger partial charge in [0.25, 0.3) is 0 Å². The van der Waals surface area contributed by atoms with Gasteiger partial charge in [0.2, 0.25) is 11.8 Å². The van der Waals surface area contributed by atoms with Crippen LogP contribution in [0.5, 0.6) is 0 Å². The van der Waals surface area contributed by atoms with Gasteiger partial charge in [-0.2, -0.15) is 0 Å². The third-order valence-electron chi connectivity index (χ3n) is 5.16. The van der Waals surface area contributed by atoms with E-state index in [0.717, 1.165) is 18.4 Å². The highest BCUT2D eigenvalue weighted by atomic mass is 19.1. The van der Waals surface area contributed by atoms with Crippen LogP contribution in [-0.4, -0.2) is 50.7 Å². The summed E-state index contributed by atoms with van der Waals surface area (Å²) in [6.07, 6.45) is 7.30. The minimum atomic E-state index is -0.351. The number of hydrogen-bond acceptors (Lipinski definition) is 4. The van der Waals surface area contributed by atoms with Gasteiger partial charge in [-0.05, 0) is 30.9 Å². The molecule has 0 radical (unpaired) electrons. The van der Waals surface area contributed by atoms with Crippen molar-refractivity contribution in [2.45, 2.75) is 45.2 Å². The Morgan fingerprint density at radius 2 is 1.93 bits per heavy atom. The predicted molar refractivity (Wildman–Crippen MR) is 103 cm³/mol. The summed E-state index contributed by atoms with van der Waals surface area (Å²) < 4.78 is 13.8. The van der Waals surface area contributed by atoms with Crippen LogP contribution in [0.15, 0.2) is 43.0 Å². The largest absolute Gasteiger partial charge is 0.342 e. The van der Waals surface area contributed by atoms with E-state index in [1.807, 2.05) is 4.90 Å². The fraction of sp³-hybridized carbons (Fsp3) is 0.429. The summed E-state index contributed by atoms with van der Waals surface area (Å²) in [6.45, 7) is 3.22. The molecule has 1 aliphatic heterocycles. The normalized spacial score (nSPS) is 17.1. The Balaban J connectivity index is 1.62. The smallest absolute Gasteiger partial charge is 0.227 e. The molecule has 1 aliphatic rings. The van der Waals surface area contributed by atoms with Crippen molar-refractivity contribution in [2.75, 3.05) is 13.1 Å². The highest BCUT2D eigenvalue weighted by Crippen LogP contribution is 2.20. The third kappa shape index (κ3) is 5.12. The number of carbonyl (C=O) groups excluding carboxylic acids is 2. The molecule has 0 spiro atoms. The molecule has 2 heterocycles. The van der Waals surface area contributed by atoms with E-state index in [4.69, 9.17) is 0 Å². The van der Waals surface area contributed by atoms with E-state index in [1.54, 1.807) is 42.4 Å². The molecule has 6 nitrogen and oxygen atoms in total. The van der Waals surface area contributed by atoms with Crippen molar-refractivity contribution >= 4 is 11.8 Å². The van der Waals surface area contributed by atoms with Crippen molar-refractivity contribution in [3.05, 3.63) is 59.9 Å². The number of likely N-dealkylation sites (tertiary alicyclic amines) is 1. The predicted octanol–water partition coefficient (Wildman–Crippen LogP) is 2.59. The zero-order chi connectivity index (χ0) is 19.9. The average molecular weight is 384 g/mol. The number of hydrogen-bond donors (Lipinski definition) is 0. The molecule has 0 bridgehead atoms. The zero-order valence-electron chi connectivity index (χ0n) is 16.1. The van der Waals surface area contributed by atoms with Gasteiger partial charge < -0.3 is 9.80 Å². The first-order valence-electron chi connectivity index (χ1n) is 9.57. The zero-order valence-corrected chi connectivity index (χ0v) is 16.1. The van der Waals surface area contributed by atoms with Crippen molar-refractivity contribution in [1.82, 2.24) is 19.8 Å². The van der Waals surface area contributed by atoms with E-state index in [2.05, 4.69) is 9.97 Å². The molecule has 1 fully saturated rings. The molecule has 0 saturated carbocycles. The minimum Gasteiger partial charge on any atom is -0.342 e. The molecule has 1 atom stereocenters. The lowest BCUT2D eigenvalue weighted by Gasteiger charge is -2.30. The lowest BCUT2D eigenvalue weighted by molar-refractivity contribution is -0.132. The number of rotatable bonds is 5. The van der Waals surface area contributed by atoms with Crippen LogP contribution in [-0.2, 0) is 22.6 Å². The Hall–Kier alpha value is -2.83. The molecule has 0 aliphatic carbocycles. The Morgan fingerprint density at radius 3 is 2.64 bits per heavy atom. The molecular weight excluding hydrogens is 359 g/mol. The van der Waals surface area contributed by atoms with E-state index in [1.165, 1.54) is 12.4 Å². The molecule has 7 heteroatoms. The maximum Gasteiger partial charge on any atom is 0.227 e. The standard InChI is InChI=1S/C21H25FN4O2/c1-16(27)26(14-17-12-23-15-24-13-17)19-6-4-9-25(10-8-19)21(28)11-18-5-2-3-7-20(18)22/h2-3,5,7,12-13,15,19H,4,6,8-11,14H2,1H3/t19-/m1/s1. The van der Waals surface area contributed by atoms with Gasteiger partial charge in [0.05, 0.1) is 6.42 Å². The summed E-state index contributed by atoms with van der Waals surface area (Å²) in [6, 6.07) is 6.44. The van der Waals surface area contributed by atoms with Gasteiger partial charge in [0.15, 0.2) is 0 Å². The van der Waals surface area contributed by atoms with Crippen molar-refractivity contribution in [2.24, 2.45) is 0 Å². The molecule has 0 N–H and O–H groups in total. The van der Waals surface area contributed by atoms with Crippen LogP contribution in [0.3, 0.4) is 0 Å². The number of benzene rings is 1. The first-order valence-corrected chi connectivity index (χ1v) is 9.57. The van der Waals surface area contributed by atoms with Crippen molar-refractivity contribution in [3.63, 3.8) is 0 Å². The number of halogens is 1. The molecule has 1 aromatic carbocycles. The highest BCUT2D eigenvalue weighted by molar-refractivity contribution is 5.79. The molecule has 0 unspecified atom stereocenters. The Bertz CT molecular complexity index is 815. The molecule has 1 saturated heterocycles. The van der Waals surface area contributed by atoms with Crippen LogP contribution in [0.1, 0.15) is 37.3 Å². The lowest BCUT2D eigenvalue weighted by atomic mass is 10.1. The molecular formula is C21H25FN4O2. The SMILES string of the molecule is CC(=O)N(Cc1cncnc1)[C@@H]1CCCN(C(=O)Cc2ccccc2F)CC1. The summed E-state index contributed by atoms with van der Waals surface area (Å²) in [7, 11) is 0. The van der Waals surface area contributed by atoms with Crippen molar-refractivity contribution in [3.8, 4) is 0 Å². The Morgan fingerprint density at radius 1 is 1.18 bits per heavy atom. The quantitative estimate of drug-likeness (QED) is 0.795. The number of carbonyl (C=O) groups is 2. The van der Waals surface area contributed by atoms with E-state index in [9.17, 15) is 14.0 Å². The first-order chi connectivity index (χ1) is 13.5. The molecule has 2 amide bonds. The minimum absolute atomic E-state index is 0.0000128. The molecule has 2 aromatic rings. The van der Waals surface area contributed by atoms with E-state index in [-0.39, 0.29) is 30.1 Å². The van der Waals surface area contributed by atoms with Crippen LogP contribution < -0.4 is 0 Å².